The van der Waals surface area contributed by atoms with Crippen LogP contribution in [0.25, 0.3) is 0 Å². The predicted octanol–water partition coefficient (Wildman–Crippen LogP) is 0.390. The van der Waals surface area contributed by atoms with Crippen molar-refractivity contribution in [3.05, 3.63) is 18.2 Å². The van der Waals surface area contributed by atoms with Crippen LogP contribution in [0.4, 0.5) is 9.59 Å². The highest BCUT2D eigenvalue weighted by atomic mass is 16.4. The number of hydrogen-bond acceptors (Lipinski definition) is 2. The molecule has 1 heterocycles. The molecule has 0 radical (unpaired) electrons. The molecule has 0 aliphatic heterocycles. The minimum absolute atomic E-state index is 0.222. The third-order valence-electron chi connectivity index (χ3n) is 1.65. The molecule has 0 unspecified atom stereocenters. The lowest BCUT2D eigenvalue weighted by Gasteiger charge is -1.92. The first-order valence-electron chi connectivity index (χ1n) is 3.66. The monoisotopic (exact) mass is 185 g/mol. The van der Waals surface area contributed by atoms with E-state index in [0.717, 1.165) is 9.13 Å². The summed E-state index contributed by atoms with van der Waals surface area (Å²) in [5.74, 6) is 0.222. The summed E-state index contributed by atoms with van der Waals surface area (Å²) >= 11 is 0. The molecule has 6 nitrogen and oxygen atoms in total. The smallest absolute Gasteiger partial charge is 0.446 e. The van der Waals surface area contributed by atoms with E-state index in [1.54, 1.807) is 6.92 Å². The lowest BCUT2D eigenvalue weighted by Crippen LogP contribution is -2.44. The minimum Gasteiger partial charge on any atom is -0.446 e. The summed E-state index contributed by atoms with van der Waals surface area (Å²) < 4.78 is 1.77. The van der Waals surface area contributed by atoms with E-state index in [-0.39, 0.29) is 5.82 Å². The van der Waals surface area contributed by atoms with E-state index < -0.39 is 12.2 Å². The Labute approximate surface area is 73.7 Å². The number of imidazole rings is 1. The fourth-order valence-electron chi connectivity index (χ4n) is 1.11. The van der Waals surface area contributed by atoms with E-state index in [0.29, 0.717) is 6.42 Å². The summed E-state index contributed by atoms with van der Waals surface area (Å²) in [4.78, 5) is 21.1. The van der Waals surface area contributed by atoms with Gasteiger partial charge < -0.3 is 10.2 Å². The molecule has 1 aromatic heterocycles. The summed E-state index contributed by atoms with van der Waals surface area (Å²) in [6.07, 6.45) is 0.379. The quantitative estimate of drug-likeness (QED) is 0.620. The van der Waals surface area contributed by atoms with Crippen molar-refractivity contribution in [3.63, 3.8) is 0 Å². The van der Waals surface area contributed by atoms with Crippen LogP contribution in [-0.2, 0) is 6.42 Å². The molecule has 0 aliphatic rings. The highest BCUT2D eigenvalue weighted by molar-refractivity contribution is 5.68. The second kappa shape index (κ2) is 3.26. The molecule has 0 spiro atoms. The first kappa shape index (κ1) is 9.24. The number of carboxylic acid groups (broad SMARTS) is 2. The van der Waals surface area contributed by atoms with Crippen molar-refractivity contribution in [1.82, 2.24) is 4.57 Å². The van der Waals surface area contributed by atoms with E-state index in [1.165, 1.54) is 12.4 Å². The molecular weight excluding hydrogens is 176 g/mol. The minimum atomic E-state index is -1.18. The topological polar surface area (TPSA) is 83.4 Å². The van der Waals surface area contributed by atoms with Crippen LogP contribution in [0, 0.1) is 0 Å². The molecule has 0 fully saturated rings. The number of aromatic nitrogens is 2. The Morgan fingerprint density at radius 2 is 2.15 bits per heavy atom. The van der Waals surface area contributed by atoms with Gasteiger partial charge in [-0.2, -0.15) is 9.59 Å². The summed E-state index contributed by atoms with van der Waals surface area (Å²) in [5, 5.41) is 17.3. The Balaban J connectivity index is 3.26. The molecule has 0 aromatic carbocycles. The lowest BCUT2D eigenvalue weighted by molar-refractivity contribution is -0.591. The number of rotatable bonds is 1. The Hall–Kier alpha value is -1.85. The summed E-state index contributed by atoms with van der Waals surface area (Å²) in [7, 11) is 0. The van der Waals surface area contributed by atoms with E-state index in [1.807, 2.05) is 0 Å². The van der Waals surface area contributed by atoms with Gasteiger partial charge in [0.2, 0.25) is 0 Å². The lowest BCUT2D eigenvalue weighted by atomic mass is 10.4. The van der Waals surface area contributed by atoms with E-state index >= 15 is 0 Å². The van der Waals surface area contributed by atoms with Crippen LogP contribution in [0.1, 0.15) is 12.7 Å². The molecule has 0 saturated carbocycles. The fourth-order valence-corrected chi connectivity index (χ4v) is 1.11. The summed E-state index contributed by atoms with van der Waals surface area (Å²) in [6.45, 7) is 1.69. The van der Waals surface area contributed by atoms with Crippen molar-refractivity contribution in [2.45, 2.75) is 13.3 Å². The Morgan fingerprint density at radius 3 is 2.54 bits per heavy atom. The number of nitrogens with zero attached hydrogens (tertiary/aromatic N) is 2. The summed E-state index contributed by atoms with van der Waals surface area (Å²) in [5.41, 5.74) is 0. The van der Waals surface area contributed by atoms with E-state index in [2.05, 4.69) is 0 Å². The standard InChI is InChI=1S/C7H8N2O4/c1-2-5-8(6(10)11)3-4-9(5)7(12)13/h3-4H,2H2,1H3,(H-,10,11,12,13)/p+1. The highest BCUT2D eigenvalue weighted by Gasteiger charge is 2.24. The van der Waals surface area contributed by atoms with Gasteiger partial charge in [0.25, 0.3) is 5.82 Å². The predicted molar refractivity (Wildman–Crippen MR) is 40.9 cm³/mol. The van der Waals surface area contributed by atoms with Gasteiger partial charge in [0.05, 0.1) is 0 Å². The van der Waals surface area contributed by atoms with Gasteiger partial charge in [-0.25, -0.2) is 0 Å². The van der Waals surface area contributed by atoms with E-state index in [9.17, 15) is 9.59 Å². The second-order valence-electron chi connectivity index (χ2n) is 2.37. The first-order valence-corrected chi connectivity index (χ1v) is 3.66. The molecule has 13 heavy (non-hydrogen) atoms. The molecule has 1 aromatic rings. The zero-order valence-corrected chi connectivity index (χ0v) is 6.97. The zero-order chi connectivity index (χ0) is 10.0. The van der Waals surface area contributed by atoms with Crippen LogP contribution >= 0.6 is 0 Å². The van der Waals surface area contributed by atoms with Crippen LogP contribution in [0.5, 0.6) is 0 Å². The van der Waals surface area contributed by atoms with Gasteiger partial charge in [-0.1, -0.05) is 6.92 Å². The van der Waals surface area contributed by atoms with Crippen molar-refractivity contribution in [2.24, 2.45) is 0 Å². The average molecular weight is 185 g/mol. The third-order valence-corrected chi connectivity index (χ3v) is 1.65. The molecule has 0 amide bonds. The largest absolute Gasteiger partial charge is 0.509 e. The van der Waals surface area contributed by atoms with Crippen molar-refractivity contribution in [3.8, 4) is 0 Å². The van der Waals surface area contributed by atoms with Crippen LogP contribution in [0.2, 0.25) is 0 Å². The third kappa shape index (κ3) is 1.51. The maximum atomic E-state index is 10.6. The van der Waals surface area contributed by atoms with Crippen molar-refractivity contribution in [2.75, 3.05) is 0 Å². The van der Waals surface area contributed by atoms with Crippen molar-refractivity contribution < 1.29 is 24.4 Å². The van der Waals surface area contributed by atoms with Gasteiger partial charge in [0.15, 0.2) is 0 Å². The van der Waals surface area contributed by atoms with Crippen LogP contribution in [-0.4, -0.2) is 27.0 Å². The van der Waals surface area contributed by atoms with Gasteiger partial charge in [0.1, 0.15) is 12.4 Å². The van der Waals surface area contributed by atoms with Crippen LogP contribution < -0.4 is 4.57 Å². The second-order valence-corrected chi connectivity index (χ2v) is 2.37. The van der Waals surface area contributed by atoms with Gasteiger partial charge >= 0.3 is 12.2 Å². The molecule has 6 heteroatoms. The molecule has 0 saturated heterocycles. The van der Waals surface area contributed by atoms with E-state index in [4.69, 9.17) is 10.2 Å². The normalized spacial score (nSPS) is 9.92. The summed E-state index contributed by atoms with van der Waals surface area (Å²) in [6, 6.07) is 0. The van der Waals surface area contributed by atoms with Gasteiger partial charge in [0, 0.05) is 6.42 Å². The molecule has 1 rings (SSSR count). The average Bonchev–Trinajstić information content (AvgIpc) is 2.46. The van der Waals surface area contributed by atoms with Gasteiger partial charge in [-0.3, -0.25) is 0 Å². The Morgan fingerprint density at radius 1 is 1.54 bits per heavy atom. The number of carbonyl (C=O) groups is 2. The zero-order valence-electron chi connectivity index (χ0n) is 6.97. The van der Waals surface area contributed by atoms with Gasteiger partial charge in [-0.15, -0.1) is 9.13 Å². The molecule has 0 bridgehead atoms. The highest BCUT2D eigenvalue weighted by Crippen LogP contribution is 1.95. The fraction of sp³-hybridized carbons (Fsp3) is 0.286. The molecular formula is C7H9N2O4+. The maximum Gasteiger partial charge on any atom is 0.509 e. The molecule has 0 aliphatic carbocycles. The maximum absolute atomic E-state index is 10.6. The van der Waals surface area contributed by atoms with Crippen LogP contribution in [0.3, 0.4) is 0 Å². The van der Waals surface area contributed by atoms with Crippen molar-refractivity contribution in [1.29, 1.82) is 0 Å². The number of hydrogen-bond donors (Lipinski definition) is 2. The molecule has 2 N–H and O–H groups in total. The van der Waals surface area contributed by atoms with Crippen molar-refractivity contribution >= 4 is 12.2 Å². The molecule has 70 valence electrons. The van der Waals surface area contributed by atoms with Crippen LogP contribution in [0.15, 0.2) is 12.4 Å². The molecule has 0 atom stereocenters. The van der Waals surface area contributed by atoms with Gasteiger partial charge in [-0.05, 0) is 0 Å². The Bertz CT molecular complexity index is 324. The SMILES string of the molecule is CCc1n(C(=O)O)cc[n+]1C(=O)O. The Kier molecular flexibility index (Phi) is 2.32. The first-order chi connectivity index (χ1) is 6.07.